The molecule has 0 spiro atoms. The Hall–Kier alpha value is -0.970. The number of aliphatic hydroxyl groups is 1. The molecule has 0 amide bonds. The fourth-order valence-electron chi connectivity index (χ4n) is 2.89. The van der Waals surface area contributed by atoms with Crippen molar-refractivity contribution in [2.45, 2.75) is 50.3 Å². The molecule has 4 heteroatoms. The fourth-order valence-corrected chi connectivity index (χ4v) is 2.89. The molecular weight excluding hydrogens is 218 g/mol. The first-order chi connectivity index (χ1) is 8.07. The number of aliphatic hydroxyl groups excluding tert-OH is 1. The number of hydrogen-bond donors (Lipinski definition) is 1. The van der Waals surface area contributed by atoms with E-state index in [4.69, 9.17) is 9.47 Å². The maximum absolute atomic E-state index is 10.0. The second-order valence-electron chi connectivity index (χ2n) is 5.25. The lowest BCUT2D eigenvalue weighted by atomic mass is 9.96. The molecule has 4 nitrogen and oxygen atoms in total. The van der Waals surface area contributed by atoms with Crippen molar-refractivity contribution in [1.82, 2.24) is 4.98 Å². The van der Waals surface area contributed by atoms with E-state index in [1.807, 2.05) is 26.0 Å². The van der Waals surface area contributed by atoms with Crippen LogP contribution in [-0.2, 0) is 9.47 Å². The molecule has 0 unspecified atom stereocenters. The summed E-state index contributed by atoms with van der Waals surface area (Å²) in [5, 5.41) is 10.0. The molecule has 4 atom stereocenters. The smallest absolute Gasteiger partial charge is 0.163 e. The molecule has 2 aliphatic rings. The average molecular weight is 235 g/mol. The van der Waals surface area contributed by atoms with Gasteiger partial charge in [-0.05, 0) is 38.0 Å². The Bertz CT molecular complexity index is 406. The minimum atomic E-state index is -0.595. The van der Waals surface area contributed by atoms with E-state index in [0.29, 0.717) is 6.42 Å². The largest absolute Gasteiger partial charge is 0.390 e. The molecule has 1 saturated heterocycles. The van der Waals surface area contributed by atoms with Crippen LogP contribution in [0.25, 0.3) is 0 Å². The van der Waals surface area contributed by atoms with Gasteiger partial charge in [0.25, 0.3) is 0 Å². The Morgan fingerprint density at radius 2 is 1.88 bits per heavy atom. The summed E-state index contributed by atoms with van der Waals surface area (Å²) in [4.78, 5) is 4.02. The molecule has 2 heterocycles. The predicted octanol–water partition coefficient (Wildman–Crippen LogP) is 1.45. The quantitative estimate of drug-likeness (QED) is 0.800. The monoisotopic (exact) mass is 235 g/mol. The minimum Gasteiger partial charge on any atom is -0.390 e. The second kappa shape index (κ2) is 3.77. The first-order valence-electron chi connectivity index (χ1n) is 6.00. The van der Waals surface area contributed by atoms with Gasteiger partial charge in [0.15, 0.2) is 5.79 Å². The third-order valence-electron chi connectivity index (χ3n) is 3.57. The van der Waals surface area contributed by atoms with E-state index in [9.17, 15) is 5.11 Å². The van der Waals surface area contributed by atoms with Crippen molar-refractivity contribution in [2.75, 3.05) is 0 Å². The van der Waals surface area contributed by atoms with Gasteiger partial charge in [0.1, 0.15) is 6.10 Å². The number of hydrogen-bond acceptors (Lipinski definition) is 4. The Balaban J connectivity index is 1.89. The van der Waals surface area contributed by atoms with Gasteiger partial charge in [-0.15, -0.1) is 0 Å². The molecule has 92 valence electrons. The van der Waals surface area contributed by atoms with E-state index in [1.54, 1.807) is 12.4 Å². The summed E-state index contributed by atoms with van der Waals surface area (Å²) >= 11 is 0. The lowest BCUT2D eigenvalue weighted by molar-refractivity contribution is -0.163. The third kappa shape index (κ3) is 1.86. The molecule has 1 aliphatic heterocycles. The van der Waals surface area contributed by atoms with Crippen LogP contribution < -0.4 is 0 Å². The number of ether oxygens (including phenoxy) is 2. The zero-order chi connectivity index (χ0) is 12.0. The summed E-state index contributed by atoms with van der Waals surface area (Å²) in [6, 6.07) is 3.96. The molecule has 0 radical (unpaired) electrons. The van der Waals surface area contributed by atoms with Gasteiger partial charge in [-0.2, -0.15) is 0 Å². The zero-order valence-corrected chi connectivity index (χ0v) is 10.0. The maximum atomic E-state index is 10.0. The molecular formula is C13H17NO3. The molecule has 1 aromatic rings. The first kappa shape index (κ1) is 11.1. The van der Waals surface area contributed by atoms with Gasteiger partial charge in [0.05, 0.1) is 12.2 Å². The van der Waals surface area contributed by atoms with Crippen LogP contribution in [0, 0.1) is 0 Å². The van der Waals surface area contributed by atoms with Crippen LogP contribution >= 0.6 is 0 Å². The average Bonchev–Trinajstić information content (AvgIpc) is 2.76. The summed E-state index contributed by atoms with van der Waals surface area (Å²) in [5.74, 6) is -0.401. The van der Waals surface area contributed by atoms with Crippen molar-refractivity contribution in [1.29, 1.82) is 0 Å². The summed E-state index contributed by atoms with van der Waals surface area (Å²) < 4.78 is 11.7. The fraction of sp³-hybridized carbons (Fsp3) is 0.615. The highest BCUT2D eigenvalue weighted by Gasteiger charge is 2.53. The van der Waals surface area contributed by atoms with Crippen molar-refractivity contribution in [3.63, 3.8) is 0 Å². The highest BCUT2D eigenvalue weighted by molar-refractivity contribution is 5.22. The Morgan fingerprint density at radius 3 is 2.59 bits per heavy atom. The molecule has 1 saturated carbocycles. The van der Waals surface area contributed by atoms with E-state index in [1.165, 1.54) is 0 Å². The number of rotatable bonds is 1. The molecule has 17 heavy (non-hydrogen) atoms. The normalized spacial score (nSPS) is 39.2. The van der Waals surface area contributed by atoms with Crippen LogP contribution in [0.5, 0.6) is 0 Å². The van der Waals surface area contributed by atoms with Crippen LogP contribution in [0.4, 0.5) is 0 Å². The van der Waals surface area contributed by atoms with E-state index < -0.39 is 11.9 Å². The molecule has 1 N–H and O–H groups in total. The van der Waals surface area contributed by atoms with Gasteiger partial charge in [-0.3, -0.25) is 4.98 Å². The second-order valence-corrected chi connectivity index (χ2v) is 5.25. The molecule has 0 bridgehead atoms. The number of pyridine rings is 1. The van der Waals surface area contributed by atoms with Crippen molar-refractivity contribution in [2.24, 2.45) is 0 Å². The van der Waals surface area contributed by atoms with Crippen LogP contribution in [0.2, 0.25) is 0 Å². The van der Waals surface area contributed by atoms with Gasteiger partial charge in [-0.25, -0.2) is 0 Å². The number of nitrogens with zero attached hydrogens (tertiary/aromatic N) is 1. The minimum absolute atomic E-state index is 0.0533. The molecule has 2 fully saturated rings. The SMILES string of the molecule is CC1(C)O[C@@H]2[C@H](O1)[C@@H](c1ccncc1)C[C@@H]2O. The van der Waals surface area contributed by atoms with Gasteiger partial charge < -0.3 is 14.6 Å². The van der Waals surface area contributed by atoms with Gasteiger partial charge >= 0.3 is 0 Å². The van der Waals surface area contributed by atoms with Gasteiger partial charge in [0, 0.05) is 18.3 Å². The Kier molecular flexibility index (Phi) is 2.47. The molecule has 1 aliphatic carbocycles. The first-order valence-corrected chi connectivity index (χ1v) is 6.00. The molecule has 1 aromatic heterocycles. The summed E-state index contributed by atoms with van der Waals surface area (Å²) in [5.41, 5.74) is 1.16. The number of aromatic nitrogens is 1. The van der Waals surface area contributed by atoms with Crippen LogP contribution in [0.1, 0.15) is 31.7 Å². The van der Waals surface area contributed by atoms with Crippen LogP contribution in [-0.4, -0.2) is 34.2 Å². The van der Waals surface area contributed by atoms with Crippen molar-refractivity contribution in [3.8, 4) is 0 Å². The number of fused-ring (bicyclic) bond motifs is 1. The third-order valence-corrected chi connectivity index (χ3v) is 3.57. The maximum Gasteiger partial charge on any atom is 0.163 e. The van der Waals surface area contributed by atoms with Crippen LogP contribution in [0.3, 0.4) is 0 Å². The standard InChI is InChI=1S/C13H17NO3/c1-13(2)16-11-9(7-10(15)12(11)17-13)8-3-5-14-6-4-8/h3-6,9-12,15H,7H2,1-2H3/t9-,10+,11-,12+/m1/s1. The molecule has 0 aromatic carbocycles. The lowest BCUT2D eigenvalue weighted by Crippen LogP contribution is -2.28. The Labute approximate surface area is 101 Å². The molecule has 3 rings (SSSR count). The lowest BCUT2D eigenvalue weighted by Gasteiger charge is -2.22. The summed E-state index contributed by atoms with van der Waals surface area (Å²) in [7, 11) is 0. The van der Waals surface area contributed by atoms with Crippen molar-refractivity contribution in [3.05, 3.63) is 30.1 Å². The van der Waals surface area contributed by atoms with E-state index in [0.717, 1.165) is 5.56 Å². The van der Waals surface area contributed by atoms with E-state index in [-0.39, 0.29) is 18.1 Å². The van der Waals surface area contributed by atoms with Crippen LogP contribution in [0.15, 0.2) is 24.5 Å². The predicted molar refractivity (Wildman–Crippen MR) is 61.4 cm³/mol. The van der Waals surface area contributed by atoms with E-state index in [2.05, 4.69) is 4.98 Å². The van der Waals surface area contributed by atoms with Crippen molar-refractivity contribution >= 4 is 0 Å². The topological polar surface area (TPSA) is 51.6 Å². The highest BCUT2D eigenvalue weighted by Crippen LogP contribution is 2.45. The Morgan fingerprint density at radius 1 is 1.24 bits per heavy atom. The van der Waals surface area contributed by atoms with Gasteiger partial charge in [0.2, 0.25) is 0 Å². The summed E-state index contributed by atoms with van der Waals surface area (Å²) in [6.07, 6.45) is 3.53. The van der Waals surface area contributed by atoms with Gasteiger partial charge in [-0.1, -0.05) is 0 Å². The summed E-state index contributed by atoms with van der Waals surface area (Å²) in [6.45, 7) is 3.78. The zero-order valence-electron chi connectivity index (χ0n) is 10.0. The van der Waals surface area contributed by atoms with E-state index >= 15 is 0 Å². The highest BCUT2D eigenvalue weighted by atomic mass is 16.8. The van der Waals surface area contributed by atoms with Crippen molar-refractivity contribution < 1.29 is 14.6 Å².